The van der Waals surface area contributed by atoms with Crippen LogP contribution in [-0.4, -0.2) is 30.4 Å². The summed E-state index contributed by atoms with van der Waals surface area (Å²) in [6.07, 6.45) is 1.80. The van der Waals surface area contributed by atoms with Crippen molar-refractivity contribution in [2.75, 3.05) is 12.4 Å². The van der Waals surface area contributed by atoms with Gasteiger partial charge in [0, 0.05) is 13.2 Å². The van der Waals surface area contributed by atoms with Crippen LogP contribution in [0.25, 0.3) is 0 Å². The summed E-state index contributed by atoms with van der Waals surface area (Å²) in [5, 5.41) is 3.89. The number of hydrogen-bond donors (Lipinski definition) is 1. The molecule has 88 valence electrons. The van der Waals surface area contributed by atoms with E-state index in [2.05, 4.69) is 10.3 Å². The quantitative estimate of drug-likeness (QED) is 0.795. The fourth-order valence-electron chi connectivity index (χ4n) is 1.47. The van der Waals surface area contributed by atoms with Crippen molar-refractivity contribution in [1.29, 1.82) is 0 Å². The van der Waals surface area contributed by atoms with Gasteiger partial charge in [-0.15, -0.1) is 11.3 Å². The van der Waals surface area contributed by atoms with Crippen LogP contribution in [0, 0.1) is 0 Å². The minimum absolute atomic E-state index is 0.290. The van der Waals surface area contributed by atoms with Crippen molar-refractivity contribution < 1.29 is 9.31 Å². The van der Waals surface area contributed by atoms with Gasteiger partial charge < -0.3 is 14.6 Å². The van der Waals surface area contributed by atoms with E-state index in [1.54, 1.807) is 17.5 Å². The van der Waals surface area contributed by atoms with E-state index in [0.29, 0.717) is 0 Å². The van der Waals surface area contributed by atoms with Crippen LogP contribution in [0.2, 0.25) is 0 Å². The molecule has 1 N–H and O–H groups in total. The lowest BCUT2D eigenvalue weighted by molar-refractivity contribution is 0.00578. The molecule has 0 bridgehead atoms. The van der Waals surface area contributed by atoms with Crippen LogP contribution in [0.4, 0.5) is 5.13 Å². The van der Waals surface area contributed by atoms with E-state index in [4.69, 9.17) is 9.31 Å². The van der Waals surface area contributed by atoms with Gasteiger partial charge in [-0.2, -0.15) is 0 Å². The largest absolute Gasteiger partial charge is 0.507 e. The Morgan fingerprint density at radius 2 is 1.81 bits per heavy atom. The number of aromatic nitrogens is 1. The van der Waals surface area contributed by atoms with Crippen molar-refractivity contribution in [2.24, 2.45) is 0 Å². The molecule has 16 heavy (non-hydrogen) atoms. The van der Waals surface area contributed by atoms with Crippen LogP contribution in [0.5, 0.6) is 0 Å². The third kappa shape index (κ3) is 1.85. The molecule has 0 amide bonds. The predicted octanol–water partition coefficient (Wildman–Crippen LogP) is 1.48. The van der Waals surface area contributed by atoms with Gasteiger partial charge in [0.2, 0.25) is 0 Å². The second-order valence-electron chi connectivity index (χ2n) is 4.91. The normalized spacial score (nSPS) is 22.4. The van der Waals surface area contributed by atoms with Gasteiger partial charge in [-0.05, 0) is 27.7 Å². The van der Waals surface area contributed by atoms with E-state index in [1.165, 1.54) is 0 Å². The lowest BCUT2D eigenvalue weighted by Gasteiger charge is -2.32. The van der Waals surface area contributed by atoms with Crippen LogP contribution in [0.3, 0.4) is 0 Å². The predicted molar refractivity (Wildman–Crippen MR) is 67.4 cm³/mol. The second-order valence-corrected chi connectivity index (χ2v) is 5.97. The molecule has 0 saturated carbocycles. The zero-order chi connectivity index (χ0) is 12.0. The Morgan fingerprint density at radius 1 is 1.25 bits per heavy atom. The molecule has 0 aliphatic carbocycles. The third-order valence-corrected chi connectivity index (χ3v) is 4.26. The molecule has 1 saturated heterocycles. The van der Waals surface area contributed by atoms with Crippen molar-refractivity contribution in [1.82, 2.24) is 4.98 Å². The highest BCUT2D eigenvalue weighted by atomic mass is 32.1. The van der Waals surface area contributed by atoms with E-state index in [9.17, 15) is 0 Å². The number of rotatable bonds is 2. The third-order valence-electron chi connectivity index (χ3n) is 3.22. The van der Waals surface area contributed by atoms with Gasteiger partial charge in [0.05, 0.1) is 16.0 Å². The summed E-state index contributed by atoms with van der Waals surface area (Å²) >= 11 is 1.56. The zero-order valence-corrected chi connectivity index (χ0v) is 11.1. The fraction of sp³-hybridized carbons (Fsp3) is 0.700. The number of nitrogens with zero attached hydrogens (tertiary/aromatic N) is 1. The molecular formula is C10H17BN2O2S. The van der Waals surface area contributed by atoms with Gasteiger partial charge in [0.15, 0.2) is 5.13 Å². The van der Waals surface area contributed by atoms with E-state index in [1.807, 2.05) is 34.7 Å². The molecular weight excluding hydrogens is 223 g/mol. The smallest absolute Gasteiger partial charge is 0.399 e. The zero-order valence-electron chi connectivity index (χ0n) is 10.3. The van der Waals surface area contributed by atoms with Crippen LogP contribution in [0.15, 0.2) is 6.20 Å². The first-order valence-corrected chi connectivity index (χ1v) is 6.16. The van der Waals surface area contributed by atoms with Gasteiger partial charge >= 0.3 is 7.12 Å². The van der Waals surface area contributed by atoms with Crippen molar-refractivity contribution in [3.63, 3.8) is 0 Å². The van der Waals surface area contributed by atoms with Crippen LogP contribution >= 0.6 is 11.3 Å². The van der Waals surface area contributed by atoms with Crippen LogP contribution < -0.4 is 10.1 Å². The Bertz CT molecular complexity index is 376. The van der Waals surface area contributed by atoms with E-state index in [0.717, 1.165) is 9.91 Å². The first-order chi connectivity index (χ1) is 7.36. The topological polar surface area (TPSA) is 43.4 Å². The highest BCUT2D eigenvalue weighted by Crippen LogP contribution is 2.36. The Hall–Kier alpha value is -0.585. The molecule has 6 heteroatoms. The maximum absolute atomic E-state index is 5.93. The molecule has 0 atom stereocenters. The Balaban J connectivity index is 2.20. The average molecular weight is 240 g/mol. The van der Waals surface area contributed by atoms with Gasteiger partial charge in [0.25, 0.3) is 0 Å². The fourth-order valence-corrected chi connectivity index (χ4v) is 2.20. The van der Waals surface area contributed by atoms with Crippen molar-refractivity contribution in [3.05, 3.63) is 6.20 Å². The molecule has 1 aliphatic heterocycles. The second kappa shape index (κ2) is 3.72. The van der Waals surface area contributed by atoms with Gasteiger partial charge in [-0.3, -0.25) is 0 Å². The molecule has 0 spiro atoms. The maximum Gasteiger partial charge on any atom is 0.507 e. The highest BCUT2D eigenvalue weighted by Gasteiger charge is 2.52. The molecule has 1 aliphatic rings. The maximum atomic E-state index is 5.93. The summed E-state index contributed by atoms with van der Waals surface area (Å²) in [6.45, 7) is 8.19. The SMILES string of the molecule is CNc1ncc(B2OC(C)(C)C(C)(C)O2)s1. The van der Waals surface area contributed by atoms with E-state index < -0.39 is 0 Å². The first kappa shape index (κ1) is 11.9. The molecule has 2 heterocycles. The number of thiazole rings is 1. The summed E-state index contributed by atoms with van der Waals surface area (Å²) < 4.78 is 12.9. The van der Waals surface area contributed by atoms with Gasteiger partial charge in [0.1, 0.15) is 0 Å². The number of hydrogen-bond acceptors (Lipinski definition) is 5. The molecule has 0 radical (unpaired) electrons. The number of nitrogens with one attached hydrogen (secondary N) is 1. The lowest BCUT2D eigenvalue weighted by Crippen LogP contribution is -2.41. The summed E-state index contributed by atoms with van der Waals surface area (Å²) in [6, 6.07) is 0. The molecule has 1 aromatic rings. The first-order valence-electron chi connectivity index (χ1n) is 5.35. The lowest BCUT2D eigenvalue weighted by atomic mass is 9.89. The highest BCUT2D eigenvalue weighted by molar-refractivity contribution is 7.25. The van der Waals surface area contributed by atoms with Crippen molar-refractivity contribution >= 4 is 28.4 Å². The van der Waals surface area contributed by atoms with Crippen molar-refractivity contribution in [3.8, 4) is 0 Å². The molecule has 0 unspecified atom stereocenters. The minimum atomic E-state index is -0.301. The van der Waals surface area contributed by atoms with E-state index >= 15 is 0 Å². The molecule has 1 aromatic heterocycles. The summed E-state index contributed by atoms with van der Waals surface area (Å²) in [5.74, 6) is 0. The standard InChI is InChI=1S/C10H17BN2O2S/c1-9(2)10(3,4)15-11(14-9)7-6-13-8(12-5)16-7/h6H,1-5H3,(H,12,13). The van der Waals surface area contributed by atoms with E-state index in [-0.39, 0.29) is 18.3 Å². The molecule has 1 fully saturated rings. The van der Waals surface area contributed by atoms with Crippen LogP contribution in [0.1, 0.15) is 27.7 Å². The Morgan fingerprint density at radius 3 is 2.25 bits per heavy atom. The van der Waals surface area contributed by atoms with Crippen LogP contribution in [-0.2, 0) is 9.31 Å². The molecule has 0 aromatic carbocycles. The number of anilines is 1. The Labute approximate surface area is 101 Å². The Kier molecular flexibility index (Phi) is 2.76. The molecule has 2 rings (SSSR count). The summed E-state index contributed by atoms with van der Waals surface area (Å²) in [4.78, 5) is 4.22. The monoisotopic (exact) mass is 240 g/mol. The average Bonchev–Trinajstić information content (AvgIpc) is 2.70. The van der Waals surface area contributed by atoms with Gasteiger partial charge in [-0.25, -0.2) is 4.98 Å². The summed E-state index contributed by atoms with van der Waals surface area (Å²) in [7, 11) is 1.55. The summed E-state index contributed by atoms with van der Waals surface area (Å²) in [5.41, 5.74) is -0.580. The minimum Gasteiger partial charge on any atom is -0.399 e. The molecule has 4 nitrogen and oxygen atoms in total. The van der Waals surface area contributed by atoms with Gasteiger partial charge in [-0.1, -0.05) is 0 Å². The van der Waals surface area contributed by atoms with Crippen molar-refractivity contribution in [2.45, 2.75) is 38.9 Å².